The van der Waals surface area contributed by atoms with Crippen molar-refractivity contribution in [2.75, 3.05) is 13.2 Å². The van der Waals surface area contributed by atoms with Crippen LogP contribution in [0.5, 0.6) is 11.5 Å². The molecule has 0 radical (unpaired) electrons. The van der Waals surface area contributed by atoms with E-state index in [1.165, 1.54) is 19.3 Å². The smallest absolute Gasteiger partial charge is 0.254 e. The highest BCUT2D eigenvalue weighted by Crippen LogP contribution is 2.60. The van der Waals surface area contributed by atoms with Crippen molar-refractivity contribution in [2.24, 2.45) is 28.2 Å². The van der Waals surface area contributed by atoms with Crippen molar-refractivity contribution < 1.29 is 14.3 Å². The first-order valence-electron chi connectivity index (χ1n) is 10.8. The summed E-state index contributed by atoms with van der Waals surface area (Å²) >= 11 is 1.56. The number of amides is 1. The second-order valence-electron chi connectivity index (χ2n) is 9.36. The Labute approximate surface area is 174 Å². The zero-order valence-corrected chi connectivity index (χ0v) is 17.4. The third kappa shape index (κ3) is 2.79. The number of ether oxygens (including phenoxy) is 2. The molecule has 152 valence electrons. The van der Waals surface area contributed by atoms with Crippen molar-refractivity contribution in [1.82, 2.24) is 4.57 Å². The van der Waals surface area contributed by atoms with E-state index in [1.807, 2.05) is 18.2 Å². The van der Waals surface area contributed by atoms with Crippen molar-refractivity contribution in [3.8, 4) is 11.5 Å². The fourth-order valence-corrected chi connectivity index (χ4v) is 7.62. The Balaban J connectivity index is 1.44. The monoisotopic (exact) mass is 410 g/mol. The molecule has 0 saturated heterocycles. The molecule has 4 saturated carbocycles. The number of benzene rings is 1. The van der Waals surface area contributed by atoms with Crippen LogP contribution in [0.3, 0.4) is 0 Å². The molecule has 5 aliphatic rings. The molecular weight excluding hydrogens is 384 g/mol. The van der Waals surface area contributed by atoms with Crippen molar-refractivity contribution in [2.45, 2.75) is 45.1 Å². The van der Waals surface area contributed by atoms with E-state index < -0.39 is 0 Å². The largest absolute Gasteiger partial charge is 0.486 e. The van der Waals surface area contributed by atoms with Gasteiger partial charge in [-0.3, -0.25) is 4.79 Å². The summed E-state index contributed by atoms with van der Waals surface area (Å²) in [6.07, 6.45) is 8.99. The van der Waals surface area contributed by atoms with Gasteiger partial charge in [0.15, 0.2) is 16.3 Å². The van der Waals surface area contributed by atoms with Gasteiger partial charge in [-0.2, -0.15) is 4.99 Å². The Kier molecular flexibility index (Phi) is 3.95. The lowest BCUT2D eigenvalue weighted by atomic mass is 9.49. The SMILES string of the molecule is C=CCn1c(=NC(=O)C23CC4CC(CC(C4)C2)C3)sc2cc3c(cc21)OCCO3. The minimum Gasteiger partial charge on any atom is -0.486 e. The van der Waals surface area contributed by atoms with Gasteiger partial charge in [0.05, 0.1) is 15.6 Å². The molecule has 1 aliphatic heterocycles. The minimum absolute atomic E-state index is 0.109. The van der Waals surface area contributed by atoms with Crippen molar-refractivity contribution in [3.63, 3.8) is 0 Å². The number of allylic oxidation sites excluding steroid dienone is 1. The normalized spacial score (nSPS) is 32.7. The molecule has 7 rings (SSSR count). The Bertz CT molecular complexity index is 1040. The highest BCUT2D eigenvalue weighted by Gasteiger charge is 2.54. The Morgan fingerprint density at radius 1 is 1.14 bits per heavy atom. The molecule has 0 unspecified atom stereocenters. The molecule has 1 aromatic heterocycles. The molecule has 0 spiro atoms. The highest BCUT2D eigenvalue weighted by molar-refractivity contribution is 7.16. The van der Waals surface area contributed by atoms with Crippen LogP contribution in [0.25, 0.3) is 10.2 Å². The molecule has 1 amide bonds. The fraction of sp³-hybridized carbons (Fsp3) is 0.565. The number of aromatic nitrogens is 1. The maximum Gasteiger partial charge on any atom is 0.254 e. The highest BCUT2D eigenvalue weighted by atomic mass is 32.1. The van der Waals surface area contributed by atoms with Crippen LogP contribution < -0.4 is 14.3 Å². The lowest BCUT2D eigenvalue weighted by Crippen LogP contribution is -2.49. The summed E-state index contributed by atoms with van der Waals surface area (Å²) in [4.78, 5) is 19.0. The molecule has 6 heteroatoms. The van der Waals surface area contributed by atoms with Crippen LogP contribution >= 0.6 is 11.3 Å². The zero-order chi connectivity index (χ0) is 19.6. The molecule has 2 aromatic rings. The average Bonchev–Trinajstić information content (AvgIpc) is 3.01. The Morgan fingerprint density at radius 3 is 2.38 bits per heavy atom. The van der Waals surface area contributed by atoms with Crippen LogP contribution in [0.1, 0.15) is 38.5 Å². The van der Waals surface area contributed by atoms with E-state index in [1.54, 1.807) is 11.3 Å². The average molecular weight is 411 g/mol. The van der Waals surface area contributed by atoms with Gasteiger partial charge in [0.25, 0.3) is 5.91 Å². The third-order valence-corrected chi connectivity index (χ3v) is 8.39. The van der Waals surface area contributed by atoms with Crippen molar-refractivity contribution in [1.29, 1.82) is 0 Å². The lowest BCUT2D eigenvalue weighted by molar-refractivity contribution is -0.142. The van der Waals surface area contributed by atoms with Gasteiger partial charge in [0.1, 0.15) is 13.2 Å². The fourth-order valence-electron chi connectivity index (χ4n) is 6.58. The molecule has 4 aliphatic carbocycles. The number of fused-ring (bicyclic) bond motifs is 2. The summed E-state index contributed by atoms with van der Waals surface area (Å²) in [7, 11) is 0. The van der Waals surface area contributed by atoms with E-state index in [2.05, 4.69) is 11.1 Å². The predicted molar refractivity (Wildman–Crippen MR) is 112 cm³/mol. The number of nitrogens with zero attached hydrogens (tertiary/aromatic N) is 2. The minimum atomic E-state index is -0.206. The predicted octanol–water partition coefficient (Wildman–Crippen LogP) is 4.30. The molecule has 0 atom stereocenters. The Morgan fingerprint density at radius 2 is 1.76 bits per heavy atom. The van der Waals surface area contributed by atoms with Gasteiger partial charge in [-0.25, -0.2) is 0 Å². The van der Waals surface area contributed by atoms with E-state index in [0.29, 0.717) is 19.8 Å². The number of carbonyl (C=O) groups excluding carboxylic acids is 1. The summed E-state index contributed by atoms with van der Waals surface area (Å²) in [6, 6.07) is 4.03. The van der Waals surface area contributed by atoms with Crippen LogP contribution in [0.15, 0.2) is 29.8 Å². The number of thiazole rings is 1. The first-order chi connectivity index (χ1) is 14.1. The van der Waals surface area contributed by atoms with Crippen LogP contribution in [-0.2, 0) is 11.3 Å². The molecule has 29 heavy (non-hydrogen) atoms. The summed E-state index contributed by atoms with van der Waals surface area (Å²) < 4.78 is 14.7. The molecule has 2 heterocycles. The maximum atomic E-state index is 13.5. The second kappa shape index (κ2) is 6.46. The van der Waals surface area contributed by atoms with E-state index in [4.69, 9.17) is 14.5 Å². The number of hydrogen-bond donors (Lipinski definition) is 0. The molecule has 4 fully saturated rings. The van der Waals surface area contributed by atoms with Gasteiger partial charge in [0.2, 0.25) is 0 Å². The van der Waals surface area contributed by atoms with Gasteiger partial charge >= 0.3 is 0 Å². The third-order valence-electron chi connectivity index (χ3n) is 7.35. The van der Waals surface area contributed by atoms with Gasteiger partial charge in [-0.15, -0.1) is 6.58 Å². The van der Waals surface area contributed by atoms with E-state index in [0.717, 1.165) is 63.5 Å². The first kappa shape index (κ1) is 17.8. The van der Waals surface area contributed by atoms with Gasteiger partial charge in [-0.05, 0) is 56.3 Å². The molecule has 0 N–H and O–H groups in total. The Hall–Kier alpha value is -2.08. The van der Waals surface area contributed by atoms with Gasteiger partial charge in [-0.1, -0.05) is 17.4 Å². The maximum absolute atomic E-state index is 13.5. The summed E-state index contributed by atoms with van der Waals surface area (Å²) in [5, 5.41) is 0. The molecule has 5 nitrogen and oxygen atoms in total. The standard InChI is InChI=1S/C23H26N2O3S/c1-2-3-25-17-9-18-19(28-5-4-27-18)10-20(17)29-22(25)24-21(26)23-11-14-6-15(12-23)8-16(7-14)13-23/h2,9-10,14-16H,1,3-8,11-13H2. The van der Waals surface area contributed by atoms with Crippen LogP contribution in [0.2, 0.25) is 0 Å². The number of rotatable bonds is 3. The van der Waals surface area contributed by atoms with Crippen molar-refractivity contribution >= 4 is 27.5 Å². The topological polar surface area (TPSA) is 52.8 Å². The zero-order valence-electron chi connectivity index (χ0n) is 16.6. The second-order valence-corrected chi connectivity index (χ2v) is 10.4. The van der Waals surface area contributed by atoms with Crippen LogP contribution in [0.4, 0.5) is 0 Å². The number of carbonyl (C=O) groups is 1. The van der Waals surface area contributed by atoms with E-state index in [-0.39, 0.29) is 11.3 Å². The molecule has 1 aromatic carbocycles. The molecule has 4 bridgehead atoms. The van der Waals surface area contributed by atoms with Crippen LogP contribution in [-0.4, -0.2) is 23.7 Å². The number of hydrogen-bond acceptors (Lipinski definition) is 4. The quantitative estimate of drug-likeness (QED) is 0.709. The summed E-state index contributed by atoms with van der Waals surface area (Å²) in [5.41, 5.74) is 0.818. The van der Waals surface area contributed by atoms with E-state index >= 15 is 0 Å². The summed E-state index contributed by atoms with van der Waals surface area (Å²) in [5.74, 6) is 3.86. The molecular formula is C23H26N2O3S. The summed E-state index contributed by atoms with van der Waals surface area (Å²) in [6.45, 7) is 5.65. The first-order valence-corrected chi connectivity index (χ1v) is 11.6. The van der Waals surface area contributed by atoms with Gasteiger partial charge < -0.3 is 14.0 Å². The van der Waals surface area contributed by atoms with Crippen molar-refractivity contribution in [3.05, 3.63) is 29.6 Å². The van der Waals surface area contributed by atoms with E-state index in [9.17, 15) is 4.79 Å². The van der Waals surface area contributed by atoms with Crippen LogP contribution in [0, 0.1) is 23.2 Å². The van der Waals surface area contributed by atoms with Gasteiger partial charge in [0, 0.05) is 18.7 Å². The lowest BCUT2D eigenvalue weighted by Gasteiger charge is -2.55.